The van der Waals surface area contributed by atoms with Crippen LogP contribution in [-0.2, 0) is 33.2 Å². The molecule has 0 bridgehead atoms. The van der Waals surface area contributed by atoms with E-state index in [1.54, 1.807) is 0 Å². The first kappa shape index (κ1) is 68.1. The normalized spacial score (nSPS) is 31.1. The van der Waals surface area contributed by atoms with Gasteiger partial charge in [0.1, 0.15) is 73.2 Å². The second-order valence-electron chi connectivity index (χ2n) is 21.8. The van der Waals surface area contributed by atoms with Gasteiger partial charge in [0.25, 0.3) is 0 Å². The SMILES string of the molecule is CCCCCCCCCCCCCCCCCCCCCCCCCCC(O)C(COC1OC(CO)C(OC2OC(CO)C(OC3OC(CO)C(O)C(O)C3O)C(O)C2O)C(O)C1O)NC(=O)CCCCCCCC. The molecule has 3 rings (SSSR count). The minimum atomic E-state index is -1.97. The minimum absolute atomic E-state index is 0.250. The van der Waals surface area contributed by atoms with Crippen LogP contribution in [0.5, 0.6) is 0 Å². The standard InChI is InChI=1S/C56H107NO18/c1-3-5-7-9-11-12-13-14-15-16-17-18-19-20-21-22-23-24-25-26-27-28-29-31-33-40(61)39(57-44(62)34-32-30-10-8-6-4-2)38-70-54-50(68)47(65)52(42(36-59)72-54)75-56-51(69)48(66)53(43(37-60)73-56)74-55-49(67)46(64)45(63)41(35-58)71-55/h39-43,45-56,58-61,63-69H,3-38H2,1-2H3,(H,57,62). The maximum absolute atomic E-state index is 13.1. The maximum atomic E-state index is 13.1. The molecule has 3 aliphatic heterocycles. The maximum Gasteiger partial charge on any atom is 0.220 e. The average Bonchev–Trinajstić information content (AvgIpc) is 3.41. The molecular weight excluding hydrogens is 975 g/mol. The smallest absolute Gasteiger partial charge is 0.220 e. The molecule has 0 aromatic heterocycles. The third kappa shape index (κ3) is 25.4. The second kappa shape index (κ2) is 40.9. The van der Waals surface area contributed by atoms with E-state index >= 15 is 0 Å². The highest BCUT2D eigenvalue weighted by molar-refractivity contribution is 5.76. The summed E-state index contributed by atoms with van der Waals surface area (Å²) in [5, 5.41) is 120. The summed E-state index contributed by atoms with van der Waals surface area (Å²) in [5.41, 5.74) is 0. The van der Waals surface area contributed by atoms with Gasteiger partial charge in [0.05, 0.1) is 38.6 Å². The highest BCUT2D eigenvalue weighted by Gasteiger charge is 2.53. The van der Waals surface area contributed by atoms with Gasteiger partial charge in [-0.3, -0.25) is 4.79 Å². The van der Waals surface area contributed by atoms with Crippen LogP contribution < -0.4 is 5.32 Å². The molecule has 0 aromatic carbocycles. The number of carbonyl (C=O) groups excluding carboxylic acids is 1. The van der Waals surface area contributed by atoms with E-state index in [1.807, 2.05) is 0 Å². The van der Waals surface area contributed by atoms with Crippen LogP contribution >= 0.6 is 0 Å². The number of amides is 1. The van der Waals surface area contributed by atoms with Crippen molar-refractivity contribution < 1.29 is 89.4 Å². The number of aliphatic hydroxyl groups excluding tert-OH is 11. The highest BCUT2D eigenvalue weighted by Crippen LogP contribution is 2.33. The zero-order valence-electron chi connectivity index (χ0n) is 46.0. The molecule has 1 amide bonds. The third-order valence-corrected chi connectivity index (χ3v) is 15.4. The van der Waals surface area contributed by atoms with Crippen LogP contribution in [0.4, 0.5) is 0 Å². The first-order valence-electron chi connectivity index (χ1n) is 29.8. The fourth-order valence-corrected chi connectivity index (χ4v) is 10.5. The van der Waals surface area contributed by atoms with Crippen LogP contribution in [0.25, 0.3) is 0 Å². The number of rotatable bonds is 44. The van der Waals surface area contributed by atoms with Gasteiger partial charge < -0.3 is 89.9 Å². The summed E-state index contributed by atoms with van der Waals surface area (Å²) in [7, 11) is 0. The zero-order valence-corrected chi connectivity index (χ0v) is 46.0. The van der Waals surface area contributed by atoms with E-state index in [1.165, 1.54) is 128 Å². The predicted molar refractivity (Wildman–Crippen MR) is 282 cm³/mol. The molecule has 3 aliphatic rings. The number of ether oxygens (including phenoxy) is 6. The predicted octanol–water partition coefficient (Wildman–Crippen LogP) is 4.82. The number of unbranched alkanes of at least 4 members (excludes halogenated alkanes) is 28. The van der Waals surface area contributed by atoms with Gasteiger partial charge in [-0.15, -0.1) is 0 Å². The molecule has 3 fully saturated rings. The van der Waals surface area contributed by atoms with Crippen molar-refractivity contribution in [1.82, 2.24) is 5.32 Å². The summed E-state index contributed by atoms with van der Waals surface area (Å²) < 4.78 is 34.2. The molecule has 444 valence electrons. The van der Waals surface area contributed by atoms with E-state index in [-0.39, 0.29) is 18.9 Å². The Hall–Kier alpha value is -1.21. The van der Waals surface area contributed by atoms with Crippen LogP contribution in [0, 0.1) is 0 Å². The summed E-state index contributed by atoms with van der Waals surface area (Å²) in [6, 6.07) is -0.877. The lowest BCUT2D eigenvalue weighted by molar-refractivity contribution is -0.379. The van der Waals surface area contributed by atoms with Crippen LogP contribution in [0.15, 0.2) is 0 Å². The number of nitrogens with one attached hydrogen (secondary N) is 1. The van der Waals surface area contributed by atoms with E-state index < -0.39 is 124 Å². The lowest BCUT2D eigenvalue weighted by atomic mass is 9.96. The molecule has 3 heterocycles. The highest BCUT2D eigenvalue weighted by atomic mass is 16.8. The van der Waals surface area contributed by atoms with Crippen molar-refractivity contribution in [3.05, 3.63) is 0 Å². The van der Waals surface area contributed by atoms with Crippen LogP contribution in [0.3, 0.4) is 0 Å². The monoisotopic (exact) mass is 1080 g/mol. The Balaban J connectivity index is 1.40. The zero-order chi connectivity index (χ0) is 54.8. The van der Waals surface area contributed by atoms with Crippen LogP contribution in [-0.4, -0.2) is 193 Å². The van der Waals surface area contributed by atoms with E-state index in [2.05, 4.69) is 19.2 Å². The molecule has 0 spiro atoms. The molecule has 17 unspecified atom stereocenters. The summed E-state index contributed by atoms with van der Waals surface area (Å²) in [6.45, 7) is 1.72. The topological polar surface area (TPSA) is 307 Å². The average molecular weight is 1080 g/mol. The second-order valence-corrected chi connectivity index (χ2v) is 21.8. The number of hydrogen-bond acceptors (Lipinski definition) is 18. The van der Waals surface area contributed by atoms with Gasteiger partial charge in [-0.05, 0) is 12.8 Å². The Morgan fingerprint density at radius 2 is 0.760 bits per heavy atom. The summed E-state index contributed by atoms with van der Waals surface area (Å²) in [6.07, 6.45) is 11.1. The molecular formula is C56H107NO18. The van der Waals surface area contributed by atoms with Gasteiger partial charge >= 0.3 is 0 Å². The lowest BCUT2D eigenvalue weighted by Crippen LogP contribution is -2.66. The molecule has 0 saturated carbocycles. The van der Waals surface area contributed by atoms with E-state index in [9.17, 15) is 61.0 Å². The van der Waals surface area contributed by atoms with Crippen molar-refractivity contribution in [2.24, 2.45) is 0 Å². The lowest BCUT2D eigenvalue weighted by Gasteiger charge is -2.48. The van der Waals surface area contributed by atoms with Crippen molar-refractivity contribution in [2.75, 3.05) is 26.4 Å². The molecule has 75 heavy (non-hydrogen) atoms. The van der Waals surface area contributed by atoms with Crippen molar-refractivity contribution in [3.8, 4) is 0 Å². The fraction of sp³-hybridized carbons (Fsp3) is 0.982. The quantitative estimate of drug-likeness (QED) is 0.0364. The van der Waals surface area contributed by atoms with E-state index in [0.717, 1.165) is 57.8 Å². The number of carbonyl (C=O) groups is 1. The van der Waals surface area contributed by atoms with Crippen LogP contribution in [0.2, 0.25) is 0 Å². The van der Waals surface area contributed by atoms with Gasteiger partial charge in [0, 0.05) is 6.42 Å². The van der Waals surface area contributed by atoms with Crippen molar-refractivity contribution in [3.63, 3.8) is 0 Å². The summed E-state index contributed by atoms with van der Waals surface area (Å²) in [5.74, 6) is -0.250. The van der Waals surface area contributed by atoms with Gasteiger partial charge in [0.15, 0.2) is 18.9 Å². The number of aliphatic hydroxyl groups is 11. The first-order chi connectivity index (χ1) is 36.3. The molecule has 0 aliphatic carbocycles. The van der Waals surface area contributed by atoms with Gasteiger partial charge in [-0.25, -0.2) is 0 Å². The van der Waals surface area contributed by atoms with Crippen molar-refractivity contribution in [1.29, 1.82) is 0 Å². The van der Waals surface area contributed by atoms with E-state index in [4.69, 9.17) is 28.4 Å². The van der Waals surface area contributed by atoms with Gasteiger partial charge in [-0.1, -0.05) is 200 Å². The Labute approximate surface area is 449 Å². The Bertz CT molecular complexity index is 1390. The molecule has 0 radical (unpaired) electrons. The number of hydrogen-bond donors (Lipinski definition) is 12. The molecule has 0 aromatic rings. The first-order valence-corrected chi connectivity index (χ1v) is 29.8. The molecule has 19 heteroatoms. The molecule has 12 N–H and O–H groups in total. The Kier molecular flexibility index (Phi) is 37.1. The molecule has 3 saturated heterocycles. The van der Waals surface area contributed by atoms with Crippen molar-refractivity contribution >= 4 is 5.91 Å². The molecule has 17 atom stereocenters. The van der Waals surface area contributed by atoms with Crippen molar-refractivity contribution in [2.45, 2.75) is 324 Å². The minimum Gasteiger partial charge on any atom is -0.394 e. The largest absolute Gasteiger partial charge is 0.394 e. The fourth-order valence-electron chi connectivity index (χ4n) is 10.5. The summed E-state index contributed by atoms with van der Waals surface area (Å²) >= 11 is 0. The Morgan fingerprint density at radius 1 is 0.427 bits per heavy atom. The third-order valence-electron chi connectivity index (χ3n) is 15.4. The van der Waals surface area contributed by atoms with Gasteiger partial charge in [0.2, 0.25) is 5.91 Å². The summed E-state index contributed by atoms with van der Waals surface area (Å²) in [4.78, 5) is 13.1. The molecule has 19 nitrogen and oxygen atoms in total. The van der Waals surface area contributed by atoms with Crippen LogP contribution in [0.1, 0.15) is 219 Å². The van der Waals surface area contributed by atoms with E-state index in [0.29, 0.717) is 12.8 Å². The van der Waals surface area contributed by atoms with Gasteiger partial charge in [-0.2, -0.15) is 0 Å². The Morgan fingerprint density at radius 3 is 1.16 bits per heavy atom.